The third-order valence-corrected chi connectivity index (χ3v) is 3.16. The first kappa shape index (κ1) is 12.0. The van der Waals surface area contributed by atoms with Gasteiger partial charge in [-0.1, -0.05) is 20.8 Å². The van der Waals surface area contributed by atoms with E-state index in [1.54, 1.807) is 0 Å². The first-order chi connectivity index (χ1) is 6.76. The van der Waals surface area contributed by atoms with Crippen molar-refractivity contribution in [1.82, 2.24) is 10.2 Å². The van der Waals surface area contributed by atoms with Crippen LogP contribution in [-0.4, -0.2) is 37.1 Å². The van der Waals surface area contributed by atoms with Crippen molar-refractivity contribution in [1.29, 1.82) is 0 Å². The molecule has 1 heterocycles. The van der Waals surface area contributed by atoms with Gasteiger partial charge in [-0.15, -0.1) is 0 Å². The molecule has 2 heteroatoms. The average molecular weight is 198 g/mol. The Kier molecular flexibility index (Phi) is 5.49. The molecule has 0 saturated carbocycles. The van der Waals surface area contributed by atoms with E-state index < -0.39 is 0 Å². The molecule has 14 heavy (non-hydrogen) atoms. The molecule has 2 unspecified atom stereocenters. The molecule has 0 aromatic rings. The Labute approximate surface area is 89.1 Å². The summed E-state index contributed by atoms with van der Waals surface area (Å²) in [5.41, 5.74) is 0. The van der Waals surface area contributed by atoms with Crippen LogP contribution >= 0.6 is 0 Å². The molecule has 1 aliphatic heterocycles. The summed E-state index contributed by atoms with van der Waals surface area (Å²) in [6, 6.07) is 0.709. The maximum atomic E-state index is 3.62. The summed E-state index contributed by atoms with van der Waals surface area (Å²) in [5, 5.41) is 3.62. The number of likely N-dealkylation sites (tertiary alicyclic amines) is 1. The summed E-state index contributed by atoms with van der Waals surface area (Å²) >= 11 is 0. The Bertz CT molecular complexity index is 147. The lowest BCUT2D eigenvalue weighted by Gasteiger charge is -2.23. The molecular formula is C12H26N2. The third kappa shape index (κ3) is 3.97. The number of nitrogens with one attached hydrogen (secondary N) is 1. The van der Waals surface area contributed by atoms with E-state index in [2.05, 4.69) is 31.0 Å². The molecule has 1 N–H and O–H groups in total. The molecule has 1 aliphatic rings. The highest BCUT2D eigenvalue weighted by Crippen LogP contribution is 2.15. The lowest BCUT2D eigenvalue weighted by atomic mass is 10.2. The average Bonchev–Trinajstić information content (AvgIpc) is 2.58. The van der Waals surface area contributed by atoms with Crippen LogP contribution in [0, 0.1) is 5.92 Å². The highest BCUT2D eigenvalue weighted by atomic mass is 15.2. The fraction of sp³-hybridized carbons (Fsp3) is 1.00. The lowest BCUT2D eigenvalue weighted by molar-refractivity contribution is 0.279. The molecule has 1 rings (SSSR count). The summed E-state index contributed by atoms with van der Waals surface area (Å²) < 4.78 is 0. The Morgan fingerprint density at radius 3 is 2.71 bits per heavy atom. The smallest absolute Gasteiger partial charge is 0.0192 e. The molecule has 0 spiro atoms. The zero-order valence-corrected chi connectivity index (χ0v) is 10.1. The minimum atomic E-state index is 0.709. The normalized spacial score (nSPS) is 25.5. The van der Waals surface area contributed by atoms with Gasteiger partial charge in [-0.25, -0.2) is 0 Å². The van der Waals surface area contributed by atoms with Crippen molar-refractivity contribution in [2.45, 2.75) is 46.1 Å². The largest absolute Gasteiger partial charge is 0.313 e. The highest BCUT2D eigenvalue weighted by molar-refractivity contribution is 4.77. The minimum Gasteiger partial charge on any atom is -0.313 e. The van der Waals surface area contributed by atoms with Gasteiger partial charge < -0.3 is 10.2 Å². The number of rotatable bonds is 6. The van der Waals surface area contributed by atoms with Crippen LogP contribution in [-0.2, 0) is 0 Å². The van der Waals surface area contributed by atoms with Crippen molar-refractivity contribution in [2.24, 2.45) is 5.92 Å². The standard InChI is InChI=1S/C12H26N2/c1-4-7-13-12(5-2)10-14-8-6-11(3)9-14/h11-13H,4-10H2,1-3H3. The van der Waals surface area contributed by atoms with Crippen molar-refractivity contribution < 1.29 is 0 Å². The molecule has 2 atom stereocenters. The second-order valence-electron chi connectivity index (χ2n) is 4.71. The van der Waals surface area contributed by atoms with Crippen LogP contribution in [0.4, 0.5) is 0 Å². The fourth-order valence-corrected chi connectivity index (χ4v) is 2.19. The first-order valence-electron chi connectivity index (χ1n) is 6.22. The van der Waals surface area contributed by atoms with E-state index in [1.165, 1.54) is 45.4 Å². The minimum absolute atomic E-state index is 0.709. The number of hydrogen-bond acceptors (Lipinski definition) is 2. The summed E-state index contributed by atoms with van der Waals surface area (Å²) in [5.74, 6) is 0.915. The second-order valence-corrected chi connectivity index (χ2v) is 4.71. The summed E-state index contributed by atoms with van der Waals surface area (Å²) in [6.07, 6.45) is 3.89. The van der Waals surface area contributed by atoms with Crippen molar-refractivity contribution in [3.8, 4) is 0 Å². The SMILES string of the molecule is CCCNC(CC)CN1CCC(C)C1. The molecular weight excluding hydrogens is 172 g/mol. The van der Waals surface area contributed by atoms with Crippen molar-refractivity contribution in [3.63, 3.8) is 0 Å². The van der Waals surface area contributed by atoms with Crippen LogP contribution in [0.15, 0.2) is 0 Å². The summed E-state index contributed by atoms with van der Waals surface area (Å²) in [7, 11) is 0. The Balaban J connectivity index is 2.19. The predicted octanol–water partition coefficient (Wildman–Crippen LogP) is 2.11. The Morgan fingerprint density at radius 1 is 1.43 bits per heavy atom. The summed E-state index contributed by atoms with van der Waals surface area (Å²) in [6.45, 7) is 11.9. The molecule has 2 nitrogen and oxygen atoms in total. The van der Waals surface area contributed by atoms with Crippen LogP contribution in [0.25, 0.3) is 0 Å². The van der Waals surface area contributed by atoms with Gasteiger partial charge in [0.2, 0.25) is 0 Å². The molecule has 0 aromatic carbocycles. The fourth-order valence-electron chi connectivity index (χ4n) is 2.19. The van der Waals surface area contributed by atoms with Crippen molar-refractivity contribution in [2.75, 3.05) is 26.2 Å². The van der Waals surface area contributed by atoms with Crippen LogP contribution in [0.3, 0.4) is 0 Å². The number of hydrogen-bond donors (Lipinski definition) is 1. The third-order valence-electron chi connectivity index (χ3n) is 3.16. The number of nitrogens with zero attached hydrogens (tertiary/aromatic N) is 1. The van der Waals surface area contributed by atoms with Gasteiger partial charge in [0.15, 0.2) is 0 Å². The van der Waals surface area contributed by atoms with Gasteiger partial charge in [0.1, 0.15) is 0 Å². The lowest BCUT2D eigenvalue weighted by Crippen LogP contribution is -2.40. The van der Waals surface area contributed by atoms with Gasteiger partial charge in [-0.05, 0) is 38.3 Å². The van der Waals surface area contributed by atoms with Crippen LogP contribution < -0.4 is 5.32 Å². The molecule has 0 radical (unpaired) electrons. The van der Waals surface area contributed by atoms with E-state index >= 15 is 0 Å². The second kappa shape index (κ2) is 6.41. The van der Waals surface area contributed by atoms with E-state index in [0.29, 0.717) is 6.04 Å². The van der Waals surface area contributed by atoms with Gasteiger partial charge in [-0.3, -0.25) is 0 Å². The Hall–Kier alpha value is -0.0800. The zero-order chi connectivity index (χ0) is 10.4. The van der Waals surface area contributed by atoms with Gasteiger partial charge in [0, 0.05) is 19.1 Å². The molecule has 0 bridgehead atoms. The van der Waals surface area contributed by atoms with Gasteiger partial charge in [0.05, 0.1) is 0 Å². The van der Waals surface area contributed by atoms with Crippen molar-refractivity contribution in [3.05, 3.63) is 0 Å². The quantitative estimate of drug-likeness (QED) is 0.703. The first-order valence-corrected chi connectivity index (χ1v) is 6.22. The van der Waals surface area contributed by atoms with Crippen LogP contribution in [0.2, 0.25) is 0 Å². The maximum absolute atomic E-state index is 3.62. The molecule has 0 aliphatic carbocycles. The summed E-state index contributed by atoms with van der Waals surface area (Å²) in [4.78, 5) is 2.61. The monoisotopic (exact) mass is 198 g/mol. The zero-order valence-electron chi connectivity index (χ0n) is 10.1. The van der Waals surface area contributed by atoms with Gasteiger partial charge >= 0.3 is 0 Å². The van der Waals surface area contributed by atoms with E-state index in [-0.39, 0.29) is 0 Å². The van der Waals surface area contributed by atoms with Crippen molar-refractivity contribution >= 4 is 0 Å². The molecule has 0 aromatic heterocycles. The van der Waals surface area contributed by atoms with Crippen LogP contribution in [0.5, 0.6) is 0 Å². The van der Waals surface area contributed by atoms with E-state index in [9.17, 15) is 0 Å². The predicted molar refractivity (Wildman–Crippen MR) is 62.6 cm³/mol. The van der Waals surface area contributed by atoms with Crippen LogP contribution in [0.1, 0.15) is 40.0 Å². The van der Waals surface area contributed by atoms with Gasteiger partial charge in [-0.2, -0.15) is 0 Å². The molecule has 1 saturated heterocycles. The van der Waals surface area contributed by atoms with E-state index in [0.717, 1.165) is 5.92 Å². The van der Waals surface area contributed by atoms with E-state index in [1.807, 2.05) is 0 Å². The highest BCUT2D eigenvalue weighted by Gasteiger charge is 2.20. The topological polar surface area (TPSA) is 15.3 Å². The molecule has 84 valence electrons. The van der Waals surface area contributed by atoms with E-state index in [4.69, 9.17) is 0 Å². The molecule has 1 fully saturated rings. The maximum Gasteiger partial charge on any atom is 0.0192 e. The molecule has 0 amide bonds. The Morgan fingerprint density at radius 2 is 2.21 bits per heavy atom. The van der Waals surface area contributed by atoms with Gasteiger partial charge in [0.25, 0.3) is 0 Å².